The van der Waals surface area contributed by atoms with E-state index in [0.717, 1.165) is 23.0 Å². The molecule has 0 saturated heterocycles. The molecule has 4 heteroatoms. The number of ether oxygens (including phenoxy) is 2. The number of benzene rings is 3. The molecule has 3 aromatic carbocycles. The molecule has 0 heterocycles. The standard InChI is InChI=1S/C21H17ClO3/c1-24-20-12-16(13-23)11-19(17-7-9-18(22)10-8-17)21(20)25-14-15-5-3-2-4-6-15/h2-13H,14H2,1H3. The summed E-state index contributed by atoms with van der Waals surface area (Å²) >= 11 is 5.99. The molecule has 0 unspecified atom stereocenters. The average molecular weight is 353 g/mol. The van der Waals surface area contributed by atoms with Gasteiger partial charge in [0.2, 0.25) is 0 Å². The second-order valence-corrected chi connectivity index (χ2v) is 5.94. The van der Waals surface area contributed by atoms with Crippen LogP contribution in [0.25, 0.3) is 11.1 Å². The number of carbonyl (C=O) groups is 1. The fourth-order valence-electron chi connectivity index (χ4n) is 2.57. The summed E-state index contributed by atoms with van der Waals surface area (Å²) in [6.07, 6.45) is 0.795. The molecule has 0 atom stereocenters. The molecule has 0 aliphatic heterocycles. The average Bonchev–Trinajstić information content (AvgIpc) is 2.67. The van der Waals surface area contributed by atoms with Crippen molar-refractivity contribution in [2.75, 3.05) is 7.11 Å². The van der Waals surface area contributed by atoms with E-state index < -0.39 is 0 Å². The van der Waals surface area contributed by atoms with Gasteiger partial charge in [0.15, 0.2) is 11.5 Å². The topological polar surface area (TPSA) is 35.5 Å². The molecule has 126 valence electrons. The van der Waals surface area contributed by atoms with Crippen LogP contribution in [0.2, 0.25) is 5.02 Å². The first-order chi connectivity index (χ1) is 12.2. The highest BCUT2D eigenvalue weighted by Gasteiger charge is 2.15. The van der Waals surface area contributed by atoms with Gasteiger partial charge in [-0.05, 0) is 35.4 Å². The normalized spacial score (nSPS) is 10.3. The van der Waals surface area contributed by atoms with Crippen LogP contribution in [-0.2, 0) is 6.61 Å². The largest absolute Gasteiger partial charge is 0.493 e. The highest BCUT2D eigenvalue weighted by molar-refractivity contribution is 6.30. The number of halogens is 1. The van der Waals surface area contributed by atoms with E-state index in [1.807, 2.05) is 42.5 Å². The first kappa shape index (κ1) is 17.1. The Morgan fingerprint density at radius 2 is 1.72 bits per heavy atom. The summed E-state index contributed by atoms with van der Waals surface area (Å²) in [6.45, 7) is 0.401. The van der Waals surface area contributed by atoms with Gasteiger partial charge < -0.3 is 9.47 Å². The van der Waals surface area contributed by atoms with Crippen LogP contribution in [0, 0.1) is 0 Å². The van der Waals surface area contributed by atoms with Gasteiger partial charge in [0.1, 0.15) is 12.9 Å². The second-order valence-electron chi connectivity index (χ2n) is 5.50. The molecule has 0 fully saturated rings. The minimum absolute atomic E-state index is 0.401. The van der Waals surface area contributed by atoms with Gasteiger partial charge in [0.05, 0.1) is 7.11 Å². The van der Waals surface area contributed by atoms with Gasteiger partial charge in [-0.25, -0.2) is 0 Å². The Balaban J connectivity index is 2.04. The molecule has 0 saturated carbocycles. The quantitative estimate of drug-likeness (QED) is 0.556. The Kier molecular flexibility index (Phi) is 5.36. The number of carbonyl (C=O) groups excluding carboxylic acids is 1. The van der Waals surface area contributed by atoms with Gasteiger partial charge in [0, 0.05) is 16.1 Å². The van der Waals surface area contributed by atoms with Gasteiger partial charge in [-0.3, -0.25) is 4.79 Å². The molecular weight excluding hydrogens is 336 g/mol. The maximum Gasteiger partial charge on any atom is 0.169 e. The third-order valence-corrected chi connectivity index (χ3v) is 4.07. The van der Waals surface area contributed by atoms with Crippen LogP contribution >= 0.6 is 11.6 Å². The lowest BCUT2D eigenvalue weighted by Crippen LogP contribution is -2.00. The molecule has 0 aliphatic carbocycles. The fraction of sp³-hybridized carbons (Fsp3) is 0.0952. The third kappa shape index (κ3) is 4.01. The van der Waals surface area contributed by atoms with E-state index >= 15 is 0 Å². The second kappa shape index (κ2) is 7.86. The van der Waals surface area contributed by atoms with Gasteiger partial charge in [-0.2, -0.15) is 0 Å². The molecule has 0 aliphatic rings. The third-order valence-electron chi connectivity index (χ3n) is 3.81. The van der Waals surface area contributed by atoms with Crippen molar-refractivity contribution in [3.8, 4) is 22.6 Å². The lowest BCUT2D eigenvalue weighted by atomic mass is 10.0. The Labute approximate surface area is 151 Å². The summed E-state index contributed by atoms with van der Waals surface area (Å²) in [5.41, 5.74) is 3.25. The molecule has 0 amide bonds. The van der Waals surface area contributed by atoms with Crippen molar-refractivity contribution in [3.63, 3.8) is 0 Å². The van der Waals surface area contributed by atoms with Crippen LogP contribution in [-0.4, -0.2) is 13.4 Å². The number of hydrogen-bond acceptors (Lipinski definition) is 3. The van der Waals surface area contributed by atoms with E-state index in [2.05, 4.69) is 0 Å². The van der Waals surface area contributed by atoms with Crippen molar-refractivity contribution in [1.82, 2.24) is 0 Å². The monoisotopic (exact) mass is 352 g/mol. The minimum atomic E-state index is 0.401. The molecule has 0 aromatic heterocycles. The number of aldehydes is 1. The van der Waals surface area contributed by atoms with Crippen molar-refractivity contribution < 1.29 is 14.3 Å². The van der Waals surface area contributed by atoms with Crippen LogP contribution in [0.3, 0.4) is 0 Å². The molecule has 3 nitrogen and oxygen atoms in total. The molecule has 25 heavy (non-hydrogen) atoms. The van der Waals surface area contributed by atoms with E-state index in [0.29, 0.717) is 28.7 Å². The SMILES string of the molecule is COc1cc(C=O)cc(-c2ccc(Cl)cc2)c1OCc1ccccc1. The summed E-state index contributed by atoms with van der Waals surface area (Å²) in [5, 5.41) is 0.647. The van der Waals surface area contributed by atoms with Crippen LogP contribution in [0.5, 0.6) is 11.5 Å². The zero-order valence-corrected chi connectivity index (χ0v) is 14.5. The first-order valence-corrected chi connectivity index (χ1v) is 8.19. The van der Waals surface area contributed by atoms with Gasteiger partial charge >= 0.3 is 0 Å². The summed E-state index contributed by atoms with van der Waals surface area (Å²) in [6, 6.07) is 20.7. The van der Waals surface area contributed by atoms with Crippen molar-refractivity contribution in [2.24, 2.45) is 0 Å². The number of hydrogen-bond donors (Lipinski definition) is 0. The Bertz CT molecular complexity index is 858. The lowest BCUT2D eigenvalue weighted by Gasteiger charge is -2.16. The number of rotatable bonds is 6. The smallest absolute Gasteiger partial charge is 0.169 e. The summed E-state index contributed by atoms with van der Waals surface area (Å²) < 4.78 is 11.5. The van der Waals surface area contributed by atoms with E-state index in [-0.39, 0.29) is 0 Å². The first-order valence-electron chi connectivity index (χ1n) is 7.81. The highest BCUT2D eigenvalue weighted by Crippen LogP contribution is 2.40. The Hall–Kier alpha value is -2.78. The molecule has 0 radical (unpaired) electrons. The van der Waals surface area contributed by atoms with Crippen molar-refractivity contribution in [3.05, 3.63) is 82.9 Å². The zero-order valence-electron chi connectivity index (χ0n) is 13.7. The van der Waals surface area contributed by atoms with Crippen LogP contribution in [0.1, 0.15) is 15.9 Å². The van der Waals surface area contributed by atoms with Crippen LogP contribution in [0.15, 0.2) is 66.7 Å². The predicted molar refractivity (Wildman–Crippen MR) is 99.6 cm³/mol. The molecule has 3 aromatic rings. The summed E-state index contributed by atoms with van der Waals surface area (Å²) in [5.74, 6) is 1.12. The maximum absolute atomic E-state index is 11.3. The van der Waals surface area contributed by atoms with E-state index in [1.165, 1.54) is 0 Å². The zero-order chi connectivity index (χ0) is 17.6. The van der Waals surface area contributed by atoms with E-state index in [4.69, 9.17) is 21.1 Å². The van der Waals surface area contributed by atoms with Gasteiger partial charge in [-0.15, -0.1) is 0 Å². The van der Waals surface area contributed by atoms with Gasteiger partial charge in [-0.1, -0.05) is 54.1 Å². The molecule has 0 bridgehead atoms. The molecule has 0 spiro atoms. The number of methoxy groups -OCH3 is 1. The van der Waals surface area contributed by atoms with Gasteiger partial charge in [0.25, 0.3) is 0 Å². The molecule has 0 N–H and O–H groups in total. The van der Waals surface area contributed by atoms with Crippen molar-refractivity contribution in [1.29, 1.82) is 0 Å². The van der Waals surface area contributed by atoms with Crippen molar-refractivity contribution in [2.45, 2.75) is 6.61 Å². The fourth-order valence-corrected chi connectivity index (χ4v) is 2.69. The Morgan fingerprint density at radius 1 is 1.00 bits per heavy atom. The van der Waals surface area contributed by atoms with Crippen LogP contribution < -0.4 is 9.47 Å². The minimum Gasteiger partial charge on any atom is -0.493 e. The summed E-state index contributed by atoms with van der Waals surface area (Å²) in [7, 11) is 1.56. The lowest BCUT2D eigenvalue weighted by molar-refractivity contribution is 0.112. The molecular formula is C21H17ClO3. The maximum atomic E-state index is 11.3. The molecule has 3 rings (SSSR count). The van der Waals surface area contributed by atoms with E-state index in [9.17, 15) is 4.79 Å². The van der Waals surface area contributed by atoms with E-state index in [1.54, 1.807) is 31.4 Å². The summed E-state index contributed by atoms with van der Waals surface area (Å²) in [4.78, 5) is 11.3. The Morgan fingerprint density at radius 3 is 2.36 bits per heavy atom. The van der Waals surface area contributed by atoms with Crippen LogP contribution in [0.4, 0.5) is 0 Å². The highest BCUT2D eigenvalue weighted by atomic mass is 35.5. The van der Waals surface area contributed by atoms with Crippen molar-refractivity contribution >= 4 is 17.9 Å². The predicted octanol–water partition coefficient (Wildman–Crippen LogP) is 5.41.